The molecule has 0 saturated heterocycles. The van der Waals surface area contributed by atoms with Crippen molar-refractivity contribution in [3.63, 3.8) is 0 Å². The van der Waals surface area contributed by atoms with Crippen molar-refractivity contribution in [3.8, 4) is 0 Å². The van der Waals surface area contributed by atoms with Crippen molar-refractivity contribution in [3.05, 3.63) is 24.3 Å². The predicted octanol–water partition coefficient (Wildman–Crippen LogP) is 4.09. The van der Waals surface area contributed by atoms with Crippen LogP contribution in [0.25, 0.3) is 0 Å². The first kappa shape index (κ1) is 9.57. The molecular formula is C12H20. The Hall–Kier alpha value is -0.520. The molecule has 0 aromatic carbocycles. The van der Waals surface area contributed by atoms with E-state index in [1.165, 1.54) is 37.7 Å². The van der Waals surface area contributed by atoms with E-state index in [2.05, 4.69) is 25.7 Å². The Morgan fingerprint density at radius 1 is 1.33 bits per heavy atom. The first-order chi connectivity index (χ1) is 5.84. The lowest BCUT2D eigenvalue weighted by atomic mass is 9.84. The summed E-state index contributed by atoms with van der Waals surface area (Å²) in [5, 5.41) is 0. The van der Waals surface area contributed by atoms with Crippen molar-refractivity contribution >= 4 is 0 Å². The van der Waals surface area contributed by atoms with Crippen LogP contribution >= 0.6 is 0 Å². The number of allylic oxidation sites excluding steroid dienone is 3. The first-order valence-corrected chi connectivity index (χ1v) is 5.20. The molecule has 0 bridgehead atoms. The fourth-order valence-corrected chi connectivity index (χ4v) is 1.88. The van der Waals surface area contributed by atoms with Crippen LogP contribution in [0.4, 0.5) is 0 Å². The minimum Gasteiger partial charge on any atom is -0.0956 e. The topological polar surface area (TPSA) is 0 Å². The zero-order valence-electron chi connectivity index (χ0n) is 8.18. The van der Waals surface area contributed by atoms with Crippen LogP contribution in [0.3, 0.4) is 0 Å². The van der Waals surface area contributed by atoms with Crippen LogP contribution < -0.4 is 0 Å². The molecule has 0 aromatic heterocycles. The second-order valence-corrected chi connectivity index (χ2v) is 3.72. The third-order valence-corrected chi connectivity index (χ3v) is 2.70. The number of rotatable bonds is 3. The summed E-state index contributed by atoms with van der Waals surface area (Å²) in [7, 11) is 0. The lowest BCUT2D eigenvalue weighted by molar-refractivity contribution is 0.409. The highest BCUT2D eigenvalue weighted by Crippen LogP contribution is 2.29. The number of hydrogen-bond donors (Lipinski definition) is 0. The summed E-state index contributed by atoms with van der Waals surface area (Å²) in [6, 6.07) is 0. The fourth-order valence-electron chi connectivity index (χ4n) is 1.88. The van der Waals surface area contributed by atoms with Crippen LogP contribution in [0.2, 0.25) is 0 Å². The molecular weight excluding hydrogens is 144 g/mol. The van der Waals surface area contributed by atoms with E-state index >= 15 is 0 Å². The van der Waals surface area contributed by atoms with Gasteiger partial charge in [0.15, 0.2) is 0 Å². The van der Waals surface area contributed by atoms with Crippen LogP contribution in [0, 0.1) is 5.92 Å². The molecule has 0 heterocycles. The molecule has 0 aliphatic heterocycles. The Balaban J connectivity index is 2.34. The van der Waals surface area contributed by atoms with Gasteiger partial charge < -0.3 is 0 Å². The van der Waals surface area contributed by atoms with Gasteiger partial charge in [0.25, 0.3) is 0 Å². The zero-order valence-corrected chi connectivity index (χ0v) is 8.18. The van der Waals surface area contributed by atoms with Gasteiger partial charge in [0.2, 0.25) is 0 Å². The second-order valence-electron chi connectivity index (χ2n) is 3.72. The van der Waals surface area contributed by atoms with Gasteiger partial charge in [0.1, 0.15) is 0 Å². The molecule has 0 nitrogen and oxygen atoms in total. The quantitative estimate of drug-likeness (QED) is 0.551. The lowest BCUT2D eigenvalue weighted by Crippen LogP contribution is -2.06. The minimum absolute atomic E-state index is 0.793. The van der Waals surface area contributed by atoms with Gasteiger partial charge >= 0.3 is 0 Å². The SMILES string of the molecule is C=C(/C=C/CC)C1CCCCC1. The minimum atomic E-state index is 0.793. The molecule has 0 spiro atoms. The van der Waals surface area contributed by atoms with Crippen molar-refractivity contribution < 1.29 is 0 Å². The van der Waals surface area contributed by atoms with Crippen molar-refractivity contribution in [2.75, 3.05) is 0 Å². The maximum atomic E-state index is 4.13. The summed E-state index contributed by atoms with van der Waals surface area (Å²) >= 11 is 0. The van der Waals surface area contributed by atoms with E-state index in [9.17, 15) is 0 Å². The average Bonchev–Trinajstić information content (AvgIpc) is 2.15. The molecule has 12 heavy (non-hydrogen) atoms. The predicted molar refractivity (Wildman–Crippen MR) is 55.1 cm³/mol. The van der Waals surface area contributed by atoms with E-state index < -0.39 is 0 Å². The standard InChI is InChI=1S/C12H20/c1-3-4-8-11(2)12-9-6-5-7-10-12/h4,8,12H,2-3,5-7,9-10H2,1H3/b8-4+. The molecule has 0 atom stereocenters. The largest absolute Gasteiger partial charge is 0.0956 e. The Labute approximate surface area is 76.4 Å². The van der Waals surface area contributed by atoms with Crippen LogP contribution in [-0.4, -0.2) is 0 Å². The smallest absolute Gasteiger partial charge is 0.0168 e. The van der Waals surface area contributed by atoms with Crippen molar-refractivity contribution in [1.82, 2.24) is 0 Å². The summed E-state index contributed by atoms with van der Waals surface area (Å²) in [6.07, 6.45) is 12.5. The summed E-state index contributed by atoms with van der Waals surface area (Å²) < 4.78 is 0. The summed E-state index contributed by atoms with van der Waals surface area (Å²) in [6.45, 7) is 6.30. The molecule has 0 N–H and O–H groups in total. The summed E-state index contributed by atoms with van der Waals surface area (Å²) in [5.41, 5.74) is 1.36. The van der Waals surface area contributed by atoms with Gasteiger partial charge in [-0.05, 0) is 25.2 Å². The van der Waals surface area contributed by atoms with Crippen LogP contribution in [-0.2, 0) is 0 Å². The van der Waals surface area contributed by atoms with Gasteiger partial charge in [-0.2, -0.15) is 0 Å². The molecule has 0 heteroatoms. The van der Waals surface area contributed by atoms with E-state index in [0.29, 0.717) is 0 Å². The van der Waals surface area contributed by atoms with E-state index in [1.54, 1.807) is 0 Å². The van der Waals surface area contributed by atoms with E-state index in [4.69, 9.17) is 0 Å². The normalized spacial score (nSPS) is 20.1. The molecule has 1 fully saturated rings. The Morgan fingerprint density at radius 3 is 2.58 bits per heavy atom. The van der Waals surface area contributed by atoms with E-state index in [-0.39, 0.29) is 0 Å². The zero-order chi connectivity index (χ0) is 8.81. The highest BCUT2D eigenvalue weighted by molar-refractivity contribution is 5.17. The Bertz CT molecular complexity index is 159. The van der Waals surface area contributed by atoms with Crippen LogP contribution in [0.15, 0.2) is 24.3 Å². The van der Waals surface area contributed by atoms with Crippen molar-refractivity contribution in [1.29, 1.82) is 0 Å². The summed E-state index contributed by atoms with van der Waals surface area (Å²) in [4.78, 5) is 0. The molecule has 1 aliphatic carbocycles. The molecule has 0 radical (unpaired) electrons. The number of hydrogen-bond acceptors (Lipinski definition) is 0. The molecule has 0 aromatic rings. The van der Waals surface area contributed by atoms with Crippen molar-refractivity contribution in [2.45, 2.75) is 45.4 Å². The van der Waals surface area contributed by atoms with Crippen LogP contribution in [0.5, 0.6) is 0 Å². The fraction of sp³-hybridized carbons (Fsp3) is 0.667. The molecule has 68 valence electrons. The molecule has 0 amide bonds. The molecule has 1 rings (SSSR count). The monoisotopic (exact) mass is 164 g/mol. The van der Waals surface area contributed by atoms with Gasteiger partial charge in [-0.25, -0.2) is 0 Å². The van der Waals surface area contributed by atoms with Gasteiger partial charge in [-0.1, -0.05) is 50.5 Å². The van der Waals surface area contributed by atoms with Crippen molar-refractivity contribution in [2.24, 2.45) is 5.92 Å². The van der Waals surface area contributed by atoms with E-state index in [1.807, 2.05) is 0 Å². The Morgan fingerprint density at radius 2 is 2.00 bits per heavy atom. The maximum Gasteiger partial charge on any atom is -0.0168 e. The third-order valence-electron chi connectivity index (χ3n) is 2.70. The lowest BCUT2D eigenvalue weighted by Gasteiger charge is -2.21. The average molecular weight is 164 g/mol. The molecule has 0 unspecified atom stereocenters. The highest BCUT2D eigenvalue weighted by Gasteiger charge is 2.13. The van der Waals surface area contributed by atoms with Gasteiger partial charge in [0.05, 0.1) is 0 Å². The Kier molecular flexibility index (Phi) is 4.13. The molecule has 1 saturated carbocycles. The third kappa shape index (κ3) is 2.84. The second kappa shape index (κ2) is 5.18. The van der Waals surface area contributed by atoms with Crippen LogP contribution in [0.1, 0.15) is 45.4 Å². The molecule has 1 aliphatic rings. The van der Waals surface area contributed by atoms with Gasteiger partial charge in [-0.3, -0.25) is 0 Å². The highest BCUT2D eigenvalue weighted by atomic mass is 14.2. The van der Waals surface area contributed by atoms with Gasteiger partial charge in [-0.15, -0.1) is 0 Å². The first-order valence-electron chi connectivity index (χ1n) is 5.20. The van der Waals surface area contributed by atoms with E-state index in [0.717, 1.165) is 12.3 Å². The summed E-state index contributed by atoms with van der Waals surface area (Å²) in [5.74, 6) is 0.793. The van der Waals surface area contributed by atoms with Gasteiger partial charge in [0, 0.05) is 0 Å². The maximum absolute atomic E-state index is 4.13.